The first kappa shape index (κ1) is 11.0. The van der Waals surface area contributed by atoms with Gasteiger partial charge in [-0.05, 0) is 25.5 Å². The first-order valence-corrected chi connectivity index (χ1v) is 6.64. The second-order valence-corrected chi connectivity index (χ2v) is 5.25. The minimum Gasteiger partial charge on any atom is -0.446 e. The van der Waals surface area contributed by atoms with Crippen molar-refractivity contribution in [3.05, 3.63) is 17.3 Å². The maximum Gasteiger partial charge on any atom is 0.195 e. The monoisotopic (exact) mass is 226 g/mol. The summed E-state index contributed by atoms with van der Waals surface area (Å²) in [7, 11) is 0. The summed E-state index contributed by atoms with van der Waals surface area (Å²) in [6.45, 7) is 2.62. The van der Waals surface area contributed by atoms with E-state index in [4.69, 9.17) is 10.2 Å². The maximum atomic E-state index is 5.60. The fourth-order valence-electron chi connectivity index (χ4n) is 1.95. The third-order valence-corrected chi connectivity index (χ3v) is 4.11. The predicted octanol–water partition coefficient (Wildman–Crippen LogP) is 2.44. The molecule has 0 bridgehead atoms. The summed E-state index contributed by atoms with van der Waals surface area (Å²) in [5.41, 5.74) is 6.65. The van der Waals surface area contributed by atoms with Crippen LogP contribution in [0.2, 0.25) is 0 Å². The van der Waals surface area contributed by atoms with Gasteiger partial charge in [0.1, 0.15) is 5.76 Å². The van der Waals surface area contributed by atoms with Crippen molar-refractivity contribution in [2.45, 2.75) is 37.9 Å². The smallest absolute Gasteiger partial charge is 0.195 e. The summed E-state index contributed by atoms with van der Waals surface area (Å²) < 4.78 is 5.60. The van der Waals surface area contributed by atoms with Gasteiger partial charge >= 0.3 is 0 Å². The quantitative estimate of drug-likeness (QED) is 0.860. The topological polar surface area (TPSA) is 52.0 Å². The van der Waals surface area contributed by atoms with E-state index in [1.165, 1.54) is 25.0 Å². The van der Waals surface area contributed by atoms with Gasteiger partial charge in [0.05, 0.1) is 10.9 Å². The summed E-state index contributed by atoms with van der Waals surface area (Å²) >= 11 is 2.01. The van der Waals surface area contributed by atoms with Gasteiger partial charge in [-0.25, -0.2) is 4.98 Å². The number of hydrogen-bond donors (Lipinski definition) is 1. The normalized spacial score (nSPS) is 21.9. The molecule has 0 aliphatic carbocycles. The van der Waals surface area contributed by atoms with Crippen molar-refractivity contribution >= 4 is 11.8 Å². The molecule has 2 N–H and O–H groups in total. The third-order valence-electron chi connectivity index (χ3n) is 2.72. The highest BCUT2D eigenvalue weighted by Crippen LogP contribution is 2.39. The summed E-state index contributed by atoms with van der Waals surface area (Å²) in [5, 5.41) is 0.550. The average molecular weight is 226 g/mol. The number of nitrogens with two attached hydrogens (primary N) is 1. The summed E-state index contributed by atoms with van der Waals surface area (Å²) in [5.74, 6) is 3.04. The van der Waals surface area contributed by atoms with Gasteiger partial charge in [0.15, 0.2) is 5.89 Å². The molecule has 1 unspecified atom stereocenters. The molecule has 84 valence electrons. The highest BCUT2D eigenvalue weighted by Gasteiger charge is 2.22. The fourth-order valence-corrected chi connectivity index (χ4v) is 3.32. The molecule has 4 heteroatoms. The van der Waals surface area contributed by atoms with Gasteiger partial charge in [-0.2, -0.15) is 11.8 Å². The van der Waals surface area contributed by atoms with Gasteiger partial charge < -0.3 is 10.2 Å². The van der Waals surface area contributed by atoms with Crippen molar-refractivity contribution < 1.29 is 4.42 Å². The van der Waals surface area contributed by atoms with E-state index < -0.39 is 0 Å². The number of hydrogen-bond acceptors (Lipinski definition) is 4. The SMILES string of the molecule is Cc1oc(CCN)nc1C1CCCCS1. The van der Waals surface area contributed by atoms with Crippen molar-refractivity contribution in [3.63, 3.8) is 0 Å². The van der Waals surface area contributed by atoms with E-state index in [2.05, 4.69) is 4.98 Å². The molecule has 1 saturated heterocycles. The van der Waals surface area contributed by atoms with Gasteiger partial charge in [-0.1, -0.05) is 6.42 Å². The van der Waals surface area contributed by atoms with Crippen LogP contribution in [0.3, 0.4) is 0 Å². The van der Waals surface area contributed by atoms with Crippen molar-refractivity contribution in [3.8, 4) is 0 Å². The molecule has 0 amide bonds. The van der Waals surface area contributed by atoms with E-state index in [9.17, 15) is 0 Å². The Labute approximate surface area is 94.8 Å². The van der Waals surface area contributed by atoms with Crippen molar-refractivity contribution in [2.24, 2.45) is 5.73 Å². The number of rotatable bonds is 3. The molecule has 2 rings (SSSR count). The maximum absolute atomic E-state index is 5.60. The summed E-state index contributed by atoms with van der Waals surface area (Å²) in [6.07, 6.45) is 4.64. The Morgan fingerprint density at radius 2 is 2.40 bits per heavy atom. The van der Waals surface area contributed by atoms with E-state index in [0.29, 0.717) is 11.8 Å². The molecule has 1 aromatic rings. The van der Waals surface area contributed by atoms with Crippen LogP contribution >= 0.6 is 11.8 Å². The molecule has 15 heavy (non-hydrogen) atoms. The molecular weight excluding hydrogens is 208 g/mol. The lowest BCUT2D eigenvalue weighted by molar-refractivity contribution is 0.471. The van der Waals surface area contributed by atoms with Crippen LogP contribution in [0.5, 0.6) is 0 Å². The van der Waals surface area contributed by atoms with Crippen molar-refractivity contribution in [1.82, 2.24) is 4.98 Å². The Morgan fingerprint density at radius 1 is 1.53 bits per heavy atom. The Kier molecular flexibility index (Phi) is 3.70. The van der Waals surface area contributed by atoms with Crippen LogP contribution in [0, 0.1) is 6.92 Å². The fraction of sp³-hybridized carbons (Fsp3) is 0.727. The molecule has 1 fully saturated rings. The van der Waals surface area contributed by atoms with Crippen LogP contribution in [-0.2, 0) is 6.42 Å². The Balaban J connectivity index is 2.11. The molecule has 2 heterocycles. The Bertz CT molecular complexity index is 318. The minimum absolute atomic E-state index is 0.550. The minimum atomic E-state index is 0.550. The van der Waals surface area contributed by atoms with Gasteiger partial charge in [-0.3, -0.25) is 0 Å². The molecular formula is C11H18N2OS. The van der Waals surface area contributed by atoms with Gasteiger partial charge in [0.25, 0.3) is 0 Å². The van der Waals surface area contributed by atoms with E-state index in [0.717, 1.165) is 23.8 Å². The van der Waals surface area contributed by atoms with Crippen molar-refractivity contribution in [2.75, 3.05) is 12.3 Å². The van der Waals surface area contributed by atoms with Crippen LogP contribution in [0.4, 0.5) is 0 Å². The number of thioether (sulfide) groups is 1. The van der Waals surface area contributed by atoms with E-state index in [-0.39, 0.29) is 0 Å². The molecule has 1 aliphatic rings. The molecule has 1 aromatic heterocycles. The third kappa shape index (κ3) is 2.55. The van der Waals surface area contributed by atoms with Crippen LogP contribution in [0.15, 0.2) is 4.42 Å². The molecule has 0 saturated carbocycles. The number of oxazole rings is 1. The zero-order chi connectivity index (χ0) is 10.7. The van der Waals surface area contributed by atoms with E-state index in [1.807, 2.05) is 18.7 Å². The highest BCUT2D eigenvalue weighted by atomic mass is 32.2. The molecule has 3 nitrogen and oxygen atoms in total. The average Bonchev–Trinajstić information content (AvgIpc) is 2.61. The van der Waals surface area contributed by atoms with Gasteiger partial charge in [0, 0.05) is 13.0 Å². The van der Waals surface area contributed by atoms with Crippen molar-refractivity contribution in [1.29, 1.82) is 0 Å². The molecule has 1 atom stereocenters. The lowest BCUT2D eigenvalue weighted by Gasteiger charge is -2.19. The Hall–Kier alpha value is -0.480. The largest absolute Gasteiger partial charge is 0.446 e. The molecule has 0 spiro atoms. The number of aromatic nitrogens is 1. The first-order valence-electron chi connectivity index (χ1n) is 5.59. The lowest BCUT2D eigenvalue weighted by atomic mass is 10.1. The van der Waals surface area contributed by atoms with Crippen LogP contribution in [0.25, 0.3) is 0 Å². The predicted molar refractivity (Wildman–Crippen MR) is 63.0 cm³/mol. The van der Waals surface area contributed by atoms with Crippen LogP contribution in [0.1, 0.15) is 41.9 Å². The highest BCUT2D eigenvalue weighted by molar-refractivity contribution is 7.99. The summed E-state index contributed by atoms with van der Waals surface area (Å²) in [6, 6.07) is 0. The second-order valence-electron chi connectivity index (χ2n) is 3.94. The Morgan fingerprint density at radius 3 is 3.07 bits per heavy atom. The zero-order valence-electron chi connectivity index (χ0n) is 9.16. The number of aryl methyl sites for hydroxylation is 1. The van der Waals surface area contributed by atoms with Crippen LogP contribution in [-0.4, -0.2) is 17.3 Å². The molecule has 0 radical (unpaired) electrons. The second kappa shape index (κ2) is 5.03. The van der Waals surface area contributed by atoms with E-state index in [1.54, 1.807) is 0 Å². The molecule has 1 aliphatic heterocycles. The van der Waals surface area contributed by atoms with E-state index >= 15 is 0 Å². The lowest BCUT2D eigenvalue weighted by Crippen LogP contribution is -2.05. The van der Waals surface area contributed by atoms with Gasteiger partial charge in [-0.15, -0.1) is 0 Å². The standard InChI is InChI=1S/C11H18N2OS/c1-8-11(9-4-2-3-7-15-9)13-10(14-8)5-6-12/h9H,2-7,12H2,1H3. The van der Waals surface area contributed by atoms with Gasteiger partial charge in [0.2, 0.25) is 0 Å². The zero-order valence-corrected chi connectivity index (χ0v) is 9.98. The van der Waals surface area contributed by atoms with Crippen LogP contribution < -0.4 is 5.73 Å². The number of nitrogens with zero attached hydrogens (tertiary/aromatic N) is 1. The first-order chi connectivity index (χ1) is 7.31. The summed E-state index contributed by atoms with van der Waals surface area (Å²) in [4.78, 5) is 4.56. The molecule has 0 aromatic carbocycles.